The number of aromatic nitrogens is 4. The van der Waals surface area contributed by atoms with Crippen molar-refractivity contribution < 1.29 is 19.1 Å². The van der Waals surface area contributed by atoms with Crippen LogP contribution in [0.2, 0.25) is 0 Å². The number of carbonyl (C=O) groups excluding carboxylic acids is 2. The minimum atomic E-state index is -0.701. The maximum Gasteiger partial charge on any atom is 0.323 e. The molecule has 2 aromatic heterocycles. The highest BCUT2D eigenvalue weighted by molar-refractivity contribution is 5.75. The van der Waals surface area contributed by atoms with E-state index in [-0.39, 0.29) is 42.5 Å². The molecule has 0 aliphatic carbocycles. The number of rotatable bonds is 24. The molecule has 0 aliphatic heterocycles. The fourth-order valence-corrected chi connectivity index (χ4v) is 4.93. The minimum Gasteiger partial charge on any atom is -0.465 e. The molecule has 11 nitrogen and oxygen atoms in total. The second-order valence-electron chi connectivity index (χ2n) is 12.1. The number of nitrogens with two attached hydrogens (primary N) is 2. The van der Waals surface area contributed by atoms with E-state index in [1.165, 1.54) is 64.1 Å². The number of carbonyl (C=O) groups is 2. The van der Waals surface area contributed by atoms with E-state index < -0.39 is 17.6 Å². The standard InChI is InChI=1S/C33H56N6O5/c1-4-5-6-7-8-9-10-11-12-13-14-15-16-17-18-19-27(40)44-23-26(20-21-43-32(42)28(34)25(2)3)22-39-24-36-29-30(39)37-33(35)38-31(29)41/h14-15,24-26,28H,4-13,16-23,34H2,1-3H3,(H3,35,37,38,41)/t26-,28+/m1/s1. The van der Waals surface area contributed by atoms with E-state index in [1.807, 2.05) is 13.8 Å². The Bertz CT molecular complexity index is 1190. The fraction of sp³-hybridized carbons (Fsp3) is 0.727. The van der Waals surface area contributed by atoms with E-state index in [4.69, 9.17) is 20.9 Å². The van der Waals surface area contributed by atoms with E-state index in [1.54, 1.807) is 4.57 Å². The van der Waals surface area contributed by atoms with Gasteiger partial charge in [-0.25, -0.2) is 4.98 Å². The number of hydrogen-bond acceptors (Lipinski definition) is 9. The first-order valence-corrected chi connectivity index (χ1v) is 16.7. The third-order valence-electron chi connectivity index (χ3n) is 7.83. The van der Waals surface area contributed by atoms with Crippen LogP contribution in [0, 0.1) is 11.8 Å². The van der Waals surface area contributed by atoms with Gasteiger partial charge in [0, 0.05) is 18.9 Å². The van der Waals surface area contributed by atoms with Gasteiger partial charge in [-0.1, -0.05) is 84.3 Å². The van der Waals surface area contributed by atoms with Crippen LogP contribution in [-0.4, -0.2) is 50.7 Å². The number of esters is 2. The average molecular weight is 617 g/mol. The van der Waals surface area contributed by atoms with Crippen LogP contribution in [-0.2, 0) is 25.6 Å². The maximum absolute atomic E-state index is 12.5. The number of unbranched alkanes of at least 4 members (excludes halogenated alkanes) is 11. The van der Waals surface area contributed by atoms with E-state index in [0.29, 0.717) is 25.0 Å². The summed E-state index contributed by atoms with van der Waals surface area (Å²) in [6.45, 7) is 6.56. The summed E-state index contributed by atoms with van der Waals surface area (Å²) in [5, 5.41) is 0. The normalized spacial score (nSPS) is 13.1. The summed E-state index contributed by atoms with van der Waals surface area (Å²) in [6.07, 6.45) is 22.6. The first-order chi connectivity index (χ1) is 21.2. The smallest absolute Gasteiger partial charge is 0.323 e. The molecule has 0 radical (unpaired) electrons. The van der Waals surface area contributed by atoms with Crippen molar-refractivity contribution in [1.82, 2.24) is 19.5 Å². The summed E-state index contributed by atoms with van der Waals surface area (Å²) < 4.78 is 12.7. The zero-order valence-electron chi connectivity index (χ0n) is 27.2. The molecule has 0 saturated carbocycles. The van der Waals surface area contributed by atoms with Gasteiger partial charge in [-0.2, -0.15) is 4.98 Å². The van der Waals surface area contributed by atoms with Gasteiger partial charge in [0.1, 0.15) is 6.04 Å². The lowest BCUT2D eigenvalue weighted by Gasteiger charge is -2.19. The molecule has 0 aliphatic rings. The minimum absolute atomic E-state index is 0.0119. The van der Waals surface area contributed by atoms with E-state index in [0.717, 1.165) is 25.7 Å². The molecule has 0 amide bonds. The molecule has 0 fully saturated rings. The Balaban J connectivity index is 1.72. The number of allylic oxidation sites excluding steroid dienone is 2. The van der Waals surface area contributed by atoms with Crippen LogP contribution in [0.4, 0.5) is 5.95 Å². The molecule has 11 heteroatoms. The van der Waals surface area contributed by atoms with Crippen molar-refractivity contribution in [1.29, 1.82) is 0 Å². The summed E-state index contributed by atoms with van der Waals surface area (Å²) in [5.41, 5.74) is 11.7. The van der Waals surface area contributed by atoms with Crippen molar-refractivity contribution >= 4 is 29.1 Å². The SMILES string of the molecule is CCCCCCCCCCCC=CCCCCC(=O)OC[C@H](CCOC(=O)[C@@H](N)C(C)C)Cn1cnc2c(=O)[nH]c(N)nc21. The van der Waals surface area contributed by atoms with Crippen molar-refractivity contribution in [3.63, 3.8) is 0 Å². The Morgan fingerprint density at radius 2 is 1.61 bits per heavy atom. The molecular weight excluding hydrogens is 560 g/mol. The van der Waals surface area contributed by atoms with Gasteiger partial charge < -0.3 is 25.5 Å². The summed E-state index contributed by atoms with van der Waals surface area (Å²) >= 11 is 0. The van der Waals surface area contributed by atoms with Gasteiger partial charge in [-0.05, 0) is 44.4 Å². The molecule has 0 bridgehead atoms. The van der Waals surface area contributed by atoms with Gasteiger partial charge in [0.15, 0.2) is 11.2 Å². The number of ether oxygens (including phenoxy) is 2. The third-order valence-corrected chi connectivity index (χ3v) is 7.83. The molecule has 2 rings (SSSR count). The van der Waals surface area contributed by atoms with Crippen molar-refractivity contribution in [3.05, 3.63) is 28.8 Å². The van der Waals surface area contributed by atoms with Crippen molar-refractivity contribution in [2.24, 2.45) is 17.6 Å². The molecule has 0 saturated heterocycles. The molecule has 2 aromatic rings. The first-order valence-electron chi connectivity index (χ1n) is 16.7. The van der Waals surface area contributed by atoms with E-state index in [2.05, 4.69) is 34.0 Å². The Labute approximate surface area is 262 Å². The zero-order chi connectivity index (χ0) is 32.2. The molecular formula is C33H56N6O5. The molecule has 2 heterocycles. The van der Waals surface area contributed by atoms with Crippen LogP contribution in [0.25, 0.3) is 11.2 Å². The maximum atomic E-state index is 12.5. The van der Waals surface area contributed by atoms with Gasteiger partial charge in [-0.3, -0.25) is 19.4 Å². The lowest BCUT2D eigenvalue weighted by atomic mass is 10.1. The largest absolute Gasteiger partial charge is 0.465 e. The Kier molecular flexibility index (Phi) is 18.1. The number of hydrogen-bond donors (Lipinski definition) is 3. The van der Waals surface area contributed by atoms with Crippen LogP contribution in [0.5, 0.6) is 0 Å². The second kappa shape index (κ2) is 21.5. The number of nitrogens with zero attached hydrogens (tertiary/aromatic N) is 3. The molecule has 0 aromatic carbocycles. The molecule has 0 unspecified atom stereocenters. The molecule has 44 heavy (non-hydrogen) atoms. The van der Waals surface area contributed by atoms with Crippen LogP contribution < -0.4 is 17.0 Å². The number of nitrogen functional groups attached to an aromatic ring is 1. The van der Waals surface area contributed by atoms with Crippen molar-refractivity contribution in [2.75, 3.05) is 18.9 Å². The van der Waals surface area contributed by atoms with Crippen LogP contribution in [0.15, 0.2) is 23.3 Å². The fourth-order valence-electron chi connectivity index (χ4n) is 4.93. The highest BCUT2D eigenvalue weighted by Crippen LogP contribution is 2.15. The number of fused-ring (bicyclic) bond motifs is 1. The van der Waals surface area contributed by atoms with Gasteiger partial charge in [0.05, 0.1) is 19.5 Å². The van der Waals surface area contributed by atoms with Gasteiger partial charge in [-0.15, -0.1) is 0 Å². The third kappa shape index (κ3) is 14.5. The summed E-state index contributed by atoms with van der Waals surface area (Å²) in [5.74, 6) is -0.997. The lowest BCUT2D eigenvalue weighted by molar-refractivity contribution is -0.149. The van der Waals surface area contributed by atoms with Crippen molar-refractivity contribution in [3.8, 4) is 0 Å². The average Bonchev–Trinajstić information content (AvgIpc) is 3.39. The number of H-pyrrole nitrogens is 1. The highest BCUT2D eigenvalue weighted by Gasteiger charge is 2.21. The van der Waals surface area contributed by atoms with Crippen LogP contribution >= 0.6 is 0 Å². The molecule has 0 spiro atoms. The lowest BCUT2D eigenvalue weighted by Crippen LogP contribution is -2.37. The predicted octanol–water partition coefficient (Wildman–Crippen LogP) is 5.82. The number of aromatic amines is 1. The topological polar surface area (TPSA) is 168 Å². The van der Waals surface area contributed by atoms with Crippen LogP contribution in [0.1, 0.15) is 117 Å². The van der Waals surface area contributed by atoms with E-state index in [9.17, 15) is 14.4 Å². The summed E-state index contributed by atoms with van der Waals surface area (Å²) in [7, 11) is 0. The Morgan fingerprint density at radius 3 is 2.27 bits per heavy atom. The summed E-state index contributed by atoms with van der Waals surface area (Å²) in [4.78, 5) is 47.7. The van der Waals surface area contributed by atoms with Gasteiger partial charge in [0.25, 0.3) is 5.56 Å². The van der Waals surface area contributed by atoms with Gasteiger partial charge in [0.2, 0.25) is 5.95 Å². The number of anilines is 1. The quantitative estimate of drug-likeness (QED) is 0.0748. The monoisotopic (exact) mass is 616 g/mol. The number of imidazole rings is 1. The molecule has 248 valence electrons. The Morgan fingerprint density at radius 1 is 0.977 bits per heavy atom. The van der Waals surface area contributed by atoms with Crippen molar-refractivity contribution in [2.45, 2.75) is 130 Å². The zero-order valence-corrected chi connectivity index (χ0v) is 27.2. The van der Waals surface area contributed by atoms with Gasteiger partial charge >= 0.3 is 11.9 Å². The van der Waals surface area contributed by atoms with Crippen LogP contribution in [0.3, 0.4) is 0 Å². The Hall–Kier alpha value is -3.21. The highest BCUT2D eigenvalue weighted by atomic mass is 16.5. The molecule has 5 N–H and O–H groups in total. The first kappa shape index (κ1) is 37.0. The predicted molar refractivity (Wildman–Crippen MR) is 175 cm³/mol. The molecule has 2 atom stereocenters. The second-order valence-corrected chi connectivity index (χ2v) is 12.1. The van der Waals surface area contributed by atoms with E-state index >= 15 is 0 Å². The summed E-state index contributed by atoms with van der Waals surface area (Å²) in [6, 6.07) is -0.701. The number of nitrogens with one attached hydrogen (secondary N) is 1.